The fourth-order valence-corrected chi connectivity index (χ4v) is 3.37. The number of para-hydroxylation sites is 1. The molecule has 3 aromatic rings. The average molecular weight is 340 g/mol. The van der Waals surface area contributed by atoms with E-state index in [1.54, 1.807) is 10.8 Å². The van der Waals surface area contributed by atoms with Gasteiger partial charge in [0.05, 0.1) is 36.9 Å². The third-order valence-electron chi connectivity index (χ3n) is 4.72. The van der Waals surface area contributed by atoms with Gasteiger partial charge in [-0.05, 0) is 24.3 Å². The quantitative estimate of drug-likeness (QED) is 0.752. The van der Waals surface area contributed by atoms with Crippen LogP contribution in [0.2, 0.25) is 0 Å². The summed E-state index contributed by atoms with van der Waals surface area (Å²) in [7, 11) is 0. The molecular formula is C19H22N3O3+. The molecule has 130 valence electrons. The van der Waals surface area contributed by atoms with Gasteiger partial charge in [-0.15, -0.1) is 0 Å². The smallest absolute Gasteiger partial charge is 0.261 e. The van der Waals surface area contributed by atoms with Crippen LogP contribution in [0, 0.1) is 0 Å². The number of hydrogen-bond donors (Lipinski definition) is 1. The van der Waals surface area contributed by atoms with Gasteiger partial charge in [0.1, 0.15) is 13.1 Å². The number of nitrogens with one attached hydrogen (secondary N) is 1. The zero-order chi connectivity index (χ0) is 17.1. The van der Waals surface area contributed by atoms with Crippen molar-refractivity contribution in [2.45, 2.75) is 13.0 Å². The fourth-order valence-electron chi connectivity index (χ4n) is 3.37. The van der Waals surface area contributed by atoms with Crippen LogP contribution in [0.5, 0.6) is 0 Å². The van der Waals surface area contributed by atoms with Gasteiger partial charge < -0.3 is 14.1 Å². The monoisotopic (exact) mass is 340 g/mol. The minimum Gasteiger partial charge on any atom is -0.461 e. The summed E-state index contributed by atoms with van der Waals surface area (Å²) in [5.74, 6) is 1.23. The predicted molar refractivity (Wildman–Crippen MR) is 94.7 cm³/mol. The summed E-state index contributed by atoms with van der Waals surface area (Å²) in [5.41, 5.74) is 0.697. The van der Waals surface area contributed by atoms with E-state index in [-0.39, 0.29) is 5.56 Å². The number of ether oxygens (including phenoxy) is 1. The van der Waals surface area contributed by atoms with Crippen LogP contribution in [0.15, 0.2) is 51.9 Å². The molecule has 1 saturated heterocycles. The Hall–Kier alpha value is -2.44. The molecule has 0 spiro atoms. The number of quaternary nitrogens is 1. The SMILES string of the molecule is O=c1c2ccccc2nc(-c2ccco2)n1CCC[NH+]1CCOCC1. The minimum atomic E-state index is -0.00558. The van der Waals surface area contributed by atoms with Crippen molar-refractivity contribution < 1.29 is 14.1 Å². The topological polar surface area (TPSA) is 61.7 Å². The Balaban J connectivity index is 1.64. The van der Waals surface area contributed by atoms with E-state index < -0.39 is 0 Å². The van der Waals surface area contributed by atoms with E-state index in [4.69, 9.17) is 9.15 Å². The second-order valence-electron chi connectivity index (χ2n) is 6.35. The Morgan fingerprint density at radius 2 is 1.96 bits per heavy atom. The van der Waals surface area contributed by atoms with E-state index in [0.717, 1.165) is 39.3 Å². The van der Waals surface area contributed by atoms with E-state index >= 15 is 0 Å². The van der Waals surface area contributed by atoms with Crippen molar-refractivity contribution in [1.82, 2.24) is 9.55 Å². The average Bonchev–Trinajstić information content (AvgIpc) is 3.19. The maximum Gasteiger partial charge on any atom is 0.261 e. The van der Waals surface area contributed by atoms with Crippen molar-refractivity contribution in [3.05, 3.63) is 53.0 Å². The van der Waals surface area contributed by atoms with Gasteiger partial charge >= 0.3 is 0 Å². The summed E-state index contributed by atoms with van der Waals surface area (Å²) in [6.45, 7) is 5.39. The number of morpholine rings is 1. The van der Waals surface area contributed by atoms with Crippen LogP contribution in [0.25, 0.3) is 22.5 Å². The molecule has 1 aliphatic heterocycles. The van der Waals surface area contributed by atoms with E-state index in [9.17, 15) is 4.79 Å². The van der Waals surface area contributed by atoms with Gasteiger partial charge in [-0.25, -0.2) is 4.98 Å². The highest BCUT2D eigenvalue weighted by Gasteiger charge is 2.17. The van der Waals surface area contributed by atoms with E-state index in [2.05, 4.69) is 4.98 Å². The van der Waals surface area contributed by atoms with Crippen molar-refractivity contribution in [3.8, 4) is 11.6 Å². The lowest BCUT2D eigenvalue weighted by Gasteiger charge is -2.23. The molecule has 0 aliphatic carbocycles. The molecule has 1 aromatic carbocycles. The van der Waals surface area contributed by atoms with Crippen molar-refractivity contribution in [3.63, 3.8) is 0 Å². The molecule has 0 amide bonds. The lowest BCUT2D eigenvalue weighted by molar-refractivity contribution is -0.908. The van der Waals surface area contributed by atoms with E-state index in [1.807, 2.05) is 36.4 Å². The number of fused-ring (bicyclic) bond motifs is 1. The number of benzene rings is 1. The molecule has 4 rings (SSSR count). The molecule has 1 fully saturated rings. The lowest BCUT2D eigenvalue weighted by atomic mass is 10.2. The second-order valence-corrected chi connectivity index (χ2v) is 6.35. The van der Waals surface area contributed by atoms with Gasteiger partial charge in [0, 0.05) is 13.0 Å². The number of furan rings is 1. The second kappa shape index (κ2) is 7.21. The van der Waals surface area contributed by atoms with Crippen molar-refractivity contribution in [2.75, 3.05) is 32.8 Å². The fraction of sp³-hybridized carbons (Fsp3) is 0.368. The Labute approximate surface area is 145 Å². The highest BCUT2D eigenvalue weighted by atomic mass is 16.5. The summed E-state index contributed by atoms with van der Waals surface area (Å²) in [6.07, 6.45) is 2.53. The molecule has 0 saturated carbocycles. The van der Waals surface area contributed by atoms with Gasteiger partial charge in [0.15, 0.2) is 11.6 Å². The molecular weight excluding hydrogens is 318 g/mol. The molecule has 1 aliphatic rings. The first-order valence-corrected chi connectivity index (χ1v) is 8.78. The zero-order valence-electron chi connectivity index (χ0n) is 14.1. The van der Waals surface area contributed by atoms with Gasteiger partial charge in [0.2, 0.25) is 0 Å². The molecule has 0 atom stereocenters. The first-order chi connectivity index (χ1) is 12.3. The molecule has 1 N–H and O–H groups in total. The first kappa shape index (κ1) is 16.1. The molecule has 2 aromatic heterocycles. The lowest BCUT2D eigenvalue weighted by Crippen LogP contribution is -3.14. The van der Waals surface area contributed by atoms with Crippen LogP contribution in [0.3, 0.4) is 0 Å². The summed E-state index contributed by atoms with van der Waals surface area (Å²) in [6, 6.07) is 11.1. The van der Waals surface area contributed by atoms with Crippen LogP contribution in [-0.2, 0) is 11.3 Å². The molecule has 3 heterocycles. The molecule has 25 heavy (non-hydrogen) atoms. The van der Waals surface area contributed by atoms with Crippen LogP contribution in [-0.4, -0.2) is 42.4 Å². The summed E-state index contributed by atoms with van der Waals surface area (Å²) in [5, 5.41) is 0.650. The van der Waals surface area contributed by atoms with Crippen LogP contribution >= 0.6 is 0 Å². The molecule has 0 radical (unpaired) electrons. The highest BCUT2D eigenvalue weighted by molar-refractivity contribution is 5.79. The Morgan fingerprint density at radius 1 is 1.12 bits per heavy atom. The molecule has 0 unspecified atom stereocenters. The van der Waals surface area contributed by atoms with Gasteiger partial charge in [-0.3, -0.25) is 9.36 Å². The van der Waals surface area contributed by atoms with Crippen molar-refractivity contribution >= 4 is 10.9 Å². The third kappa shape index (κ3) is 3.36. The molecule has 0 bridgehead atoms. The largest absolute Gasteiger partial charge is 0.461 e. The number of hydrogen-bond acceptors (Lipinski definition) is 4. The Morgan fingerprint density at radius 3 is 2.76 bits per heavy atom. The zero-order valence-corrected chi connectivity index (χ0v) is 14.1. The van der Waals surface area contributed by atoms with Gasteiger partial charge in [-0.1, -0.05) is 12.1 Å². The number of aromatic nitrogens is 2. The number of rotatable bonds is 5. The molecule has 6 heteroatoms. The van der Waals surface area contributed by atoms with Gasteiger partial charge in [0.25, 0.3) is 5.56 Å². The van der Waals surface area contributed by atoms with Gasteiger partial charge in [-0.2, -0.15) is 0 Å². The van der Waals surface area contributed by atoms with Crippen LogP contribution in [0.1, 0.15) is 6.42 Å². The van der Waals surface area contributed by atoms with Crippen molar-refractivity contribution in [2.24, 2.45) is 0 Å². The third-order valence-corrected chi connectivity index (χ3v) is 4.72. The first-order valence-electron chi connectivity index (χ1n) is 8.78. The van der Waals surface area contributed by atoms with E-state index in [1.165, 1.54) is 4.90 Å². The van der Waals surface area contributed by atoms with Crippen molar-refractivity contribution in [1.29, 1.82) is 0 Å². The summed E-state index contributed by atoms with van der Waals surface area (Å²) >= 11 is 0. The van der Waals surface area contributed by atoms with E-state index in [0.29, 0.717) is 29.0 Å². The maximum atomic E-state index is 13.0. The Bertz CT molecular complexity index is 896. The predicted octanol–water partition coefficient (Wildman–Crippen LogP) is 0.962. The highest BCUT2D eigenvalue weighted by Crippen LogP contribution is 2.19. The number of nitrogens with zero attached hydrogens (tertiary/aromatic N) is 2. The van der Waals surface area contributed by atoms with Crippen LogP contribution in [0.4, 0.5) is 0 Å². The summed E-state index contributed by atoms with van der Waals surface area (Å²) in [4.78, 5) is 19.2. The maximum absolute atomic E-state index is 13.0. The minimum absolute atomic E-state index is 0.00558. The summed E-state index contributed by atoms with van der Waals surface area (Å²) < 4.78 is 12.7. The normalized spacial score (nSPS) is 15.7. The Kier molecular flexibility index (Phi) is 4.63. The molecule has 6 nitrogen and oxygen atoms in total. The van der Waals surface area contributed by atoms with Crippen LogP contribution < -0.4 is 10.5 Å². The standard InChI is InChI=1S/C19H21N3O3/c23-19-15-5-1-2-6-16(15)20-18(17-7-3-12-25-17)22(19)9-4-8-21-10-13-24-14-11-21/h1-3,5-7,12H,4,8-11,13-14H2/p+1.